The van der Waals surface area contributed by atoms with Crippen LogP contribution in [0.2, 0.25) is 0 Å². The molecule has 7 fully saturated rings. The number of nitrogens with one attached hydrogen (secondary N) is 3. The highest BCUT2D eigenvalue weighted by Crippen LogP contribution is 2.55. The van der Waals surface area contributed by atoms with Crippen LogP contribution in [0.4, 0.5) is 10.5 Å². The number of hydrogen-bond acceptors (Lipinski definition) is 7. The van der Waals surface area contributed by atoms with Gasteiger partial charge in [-0.3, -0.25) is 4.79 Å². The number of aliphatic hydroxyl groups excluding tert-OH is 1. The number of para-hydroxylation sites is 1. The summed E-state index contributed by atoms with van der Waals surface area (Å²) in [5, 5.41) is 19.5. The lowest BCUT2D eigenvalue weighted by atomic mass is 9.53. The van der Waals surface area contributed by atoms with Crippen LogP contribution in [0.5, 0.6) is 0 Å². The molecule has 0 aromatic heterocycles. The number of nitrogens with zero attached hydrogens (tertiary/aromatic N) is 2. The first-order valence-corrected chi connectivity index (χ1v) is 21.9. The van der Waals surface area contributed by atoms with Gasteiger partial charge < -0.3 is 40.3 Å². The van der Waals surface area contributed by atoms with E-state index in [2.05, 4.69) is 86.4 Å². The Balaban J connectivity index is 0.817. The van der Waals surface area contributed by atoms with E-state index in [1.165, 1.54) is 19.3 Å². The molecule has 3 heterocycles. The smallest absolute Gasteiger partial charge is 0.315 e. The Bertz CT molecular complexity index is 2080. The fraction of sp³-hybridized carbons (Fsp3) is 0.469. The van der Waals surface area contributed by atoms with E-state index in [0.29, 0.717) is 19.6 Å². The molecule has 3 atom stereocenters. The van der Waals surface area contributed by atoms with Crippen molar-refractivity contribution in [3.8, 4) is 11.1 Å². The summed E-state index contributed by atoms with van der Waals surface area (Å²) in [6.45, 7) is 3.32. The van der Waals surface area contributed by atoms with Gasteiger partial charge in [0.2, 0.25) is 5.91 Å². The Morgan fingerprint density at radius 1 is 0.780 bits per heavy atom. The summed E-state index contributed by atoms with van der Waals surface area (Å²) in [6.07, 6.45) is 8.80. The average Bonchev–Trinajstić information content (AvgIpc) is 3.57. The van der Waals surface area contributed by atoms with E-state index in [9.17, 15) is 14.7 Å². The molecule has 10 nitrogen and oxygen atoms in total. The average molecular weight is 796 g/mol. The SMILES string of the molecule is O=C(NCc1ccccc1-c1ccc([C@@H]2O[C@H](CN3CCC4(CC3)C(=O)NCN4c3ccccc3)C[C@H](c3ccc(CO)cc3)O2)cc1)NC12CC3CC(CC(C3)C1)C2. The van der Waals surface area contributed by atoms with Gasteiger partial charge in [0.25, 0.3) is 0 Å². The molecule has 4 bridgehead atoms. The molecular weight excluding hydrogens is 739 g/mol. The van der Waals surface area contributed by atoms with Crippen molar-refractivity contribution in [3.63, 3.8) is 0 Å². The third kappa shape index (κ3) is 7.76. The number of carbonyl (C=O) groups excluding carboxylic acids is 2. The van der Waals surface area contributed by atoms with E-state index < -0.39 is 11.8 Å². The van der Waals surface area contributed by atoms with Crippen LogP contribution in [-0.2, 0) is 27.4 Å². The number of benzene rings is 4. The summed E-state index contributed by atoms with van der Waals surface area (Å²) in [6, 6.07) is 35.0. The number of rotatable bonds is 10. The zero-order chi connectivity index (χ0) is 40.0. The third-order valence-corrected chi connectivity index (χ3v) is 14.5. The van der Waals surface area contributed by atoms with Crippen molar-refractivity contribution in [2.75, 3.05) is 31.2 Å². The Labute approximate surface area is 347 Å². The molecule has 4 N–H and O–H groups in total. The molecule has 3 saturated heterocycles. The summed E-state index contributed by atoms with van der Waals surface area (Å²) in [4.78, 5) is 31.4. The molecule has 0 unspecified atom stereocenters. The maximum Gasteiger partial charge on any atom is 0.315 e. The largest absolute Gasteiger partial charge is 0.392 e. The maximum absolute atomic E-state index is 13.3. The van der Waals surface area contributed by atoms with E-state index in [1.807, 2.05) is 42.5 Å². The number of hydrogen-bond donors (Lipinski definition) is 4. The summed E-state index contributed by atoms with van der Waals surface area (Å²) in [7, 11) is 0. The number of carbonyl (C=O) groups is 2. The molecule has 4 saturated carbocycles. The second-order valence-electron chi connectivity index (χ2n) is 18.4. The Hall–Kier alpha value is -4.74. The van der Waals surface area contributed by atoms with Crippen LogP contribution in [0.25, 0.3) is 11.1 Å². The van der Waals surface area contributed by atoms with Crippen molar-refractivity contribution in [1.29, 1.82) is 0 Å². The fourth-order valence-corrected chi connectivity index (χ4v) is 12.0. The molecule has 3 aliphatic heterocycles. The second-order valence-corrected chi connectivity index (χ2v) is 18.4. The van der Waals surface area contributed by atoms with Crippen LogP contribution in [0.1, 0.15) is 92.4 Å². The van der Waals surface area contributed by atoms with Crippen molar-refractivity contribution < 1.29 is 24.2 Å². The Kier molecular flexibility index (Phi) is 10.4. The normalized spacial score (nSPS) is 29.7. The number of amides is 3. The van der Waals surface area contributed by atoms with Crippen molar-refractivity contribution in [2.45, 2.75) is 101 Å². The highest BCUT2D eigenvalue weighted by molar-refractivity contribution is 5.93. The minimum absolute atomic E-state index is 0.00306. The van der Waals surface area contributed by atoms with E-state index >= 15 is 0 Å². The predicted molar refractivity (Wildman–Crippen MR) is 227 cm³/mol. The minimum Gasteiger partial charge on any atom is -0.392 e. The number of piperidine rings is 1. The molecule has 59 heavy (non-hydrogen) atoms. The number of anilines is 1. The van der Waals surface area contributed by atoms with Crippen molar-refractivity contribution in [1.82, 2.24) is 20.9 Å². The highest BCUT2D eigenvalue weighted by atomic mass is 16.7. The van der Waals surface area contributed by atoms with Crippen molar-refractivity contribution in [2.24, 2.45) is 17.8 Å². The van der Waals surface area contributed by atoms with Gasteiger partial charge >= 0.3 is 6.03 Å². The molecule has 7 aliphatic rings. The predicted octanol–water partition coefficient (Wildman–Crippen LogP) is 7.59. The second kappa shape index (κ2) is 16.0. The van der Waals surface area contributed by atoms with E-state index in [-0.39, 0.29) is 36.3 Å². The van der Waals surface area contributed by atoms with Gasteiger partial charge in [0.1, 0.15) is 5.54 Å². The Morgan fingerprint density at radius 2 is 1.44 bits per heavy atom. The zero-order valence-electron chi connectivity index (χ0n) is 33.9. The van der Waals surface area contributed by atoms with E-state index in [1.54, 1.807) is 0 Å². The number of ether oxygens (including phenoxy) is 2. The van der Waals surface area contributed by atoms with E-state index in [0.717, 1.165) is 109 Å². The lowest BCUT2D eigenvalue weighted by Gasteiger charge is -2.56. The standard InChI is InChI=1S/C49H57N5O5/c55-31-33-10-12-38(13-11-33)44-25-42(30-53-20-18-49(19-21-53)46(56)51-32-54(49)41-7-2-1-3-8-41)58-45(59-44)39-16-14-37(15-17-39)43-9-5-4-6-40(43)29-50-47(57)52-48-26-34-22-35(27-48)24-36(23-34)28-48/h1-17,34-36,42,44-45,55H,18-32H2,(H,51,56)(H2,50,52,57)/t34?,35?,36?,42-,44+,45+,48?/m0/s1. The van der Waals surface area contributed by atoms with Gasteiger partial charge in [0.05, 0.1) is 25.5 Å². The van der Waals surface area contributed by atoms with E-state index in [4.69, 9.17) is 9.47 Å². The first-order valence-electron chi connectivity index (χ1n) is 21.9. The summed E-state index contributed by atoms with van der Waals surface area (Å²) in [5.74, 6) is 2.46. The third-order valence-electron chi connectivity index (χ3n) is 14.5. The van der Waals surface area contributed by atoms with Gasteiger partial charge in [-0.25, -0.2) is 4.79 Å². The number of aliphatic hydroxyl groups is 1. The van der Waals surface area contributed by atoms with Crippen molar-refractivity contribution >= 4 is 17.6 Å². The van der Waals surface area contributed by atoms with Gasteiger partial charge in [0, 0.05) is 49.4 Å². The Morgan fingerprint density at radius 3 is 2.14 bits per heavy atom. The lowest BCUT2D eigenvalue weighted by molar-refractivity contribution is -0.253. The summed E-state index contributed by atoms with van der Waals surface area (Å²) < 4.78 is 13.5. The van der Waals surface area contributed by atoms with Crippen molar-refractivity contribution in [3.05, 3.63) is 125 Å². The van der Waals surface area contributed by atoms with Crippen LogP contribution < -0.4 is 20.9 Å². The first kappa shape index (κ1) is 38.5. The van der Waals surface area contributed by atoms with Gasteiger partial charge in [-0.15, -0.1) is 0 Å². The lowest BCUT2D eigenvalue weighted by Crippen LogP contribution is -2.61. The molecule has 0 radical (unpaired) electrons. The molecule has 308 valence electrons. The minimum atomic E-state index is -0.569. The summed E-state index contributed by atoms with van der Waals surface area (Å²) in [5.41, 5.74) is 6.62. The topological polar surface area (TPSA) is 115 Å². The monoisotopic (exact) mass is 795 g/mol. The first-order chi connectivity index (χ1) is 28.8. The quantitative estimate of drug-likeness (QED) is 0.131. The highest BCUT2D eigenvalue weighted by Gasteiger charge is 2.52. The van der Waals surface area contributed by atoms with Crippen LogP contribution in [0.15, 0.2) is 103 Å². The fourth-order valence-electron chi connectivity index (χ4n) is 12.0. The van der Waals surface area contributed by atoms with Crippen LogP contribution in [-0.4, -0.2) is 65.4 Å². The molecule has 4 aromatic carbocycles. The van der Waals surface area contributed by atoms with Crippen LogP contribution >= 0.6 is 0 Å². The number of urea groups is 1. The molecule has 4 aliphatic carbocycles. The molecule has 1 spiro atoms. The summed E-state index contributed by atoms with van der Waals surface area (Å²) >= 11 is 0. The van der Waals surface area contributed by atoms with Gasteiger partial charge in [-0.2, -0.15) is 0 Å². The molecular formula is C49H57N5O5. The van der Waals surface area contributed by atoms with Gasteiger partial charge in [0.15, 0.2) is 6.29 Å². The number of likely N-dealkylation sites (tertiary alicyclic amines) is 1. The molecule has 11 rings (SSSR count). The molecule has 10 heteroatoms. The van der Waals surface area contributed by atoms with Gasteiger partial charge in [-0.05, 0) is 109 Å². The van der Waals surface area contributed by atoms with Crippen LogP contribution in [0, 0.1) is 17.8 Å². The van der Waals surface area contributed by atoms with Gasteiger partial charge in [-0.1, -0.05) is 91.0 Å². The van der Waals surface area contributed by atoms with Crippen LogP contribution in [0.3, 0.4) is 0 Å². The maximum atomic E-state index is 13.3. The molecule has 3 amide bonds. The zero-order valence-corrected chi connectivity index (χ0v) is 33.9. The molecule has 4 aromatic rings.